The Kier molecular flexibility index (Phi) is 4.52. The number of nitrogens with one attached hydrogen (secondary N) is 1. The van der Waals surface area contributed by atoms with Crippen molar-refractivity contribution in [3.63, 3.8) is 0 Å². The Labute approximate surface area is 109 Å². The molecule has 0 aliphatic rings. The molecule has 1 amide bonds. The molecule has 0 fully saturated rings. The Morgan fingerprint density at radius 3 is 2.44 bits per heavy atom. The van der Waals surface area contributed by atoms with E-state index in [0.717, 1.165) is 11.1 Å². The standard InChI is InChI=1S/C15H23NO2/c1-10-6-7-12(11(2)8-10)14(18)16-9-13(17)15(3,4)5/h6-8,13,17H,9H2,1-5H3,(H,16,18). The van der Waals surface area contributed by atoms with Crippen LogP contribution in [0.4, 0.5) is 0 Å². The van der Waals surface area contributed by atoms with Crippen molar-refractivity contribution in [2.24, 2.45) is 5.41 Å². The summed E-state index contributed by atoms with van der Waals surface area (Å²) in [6, 6.07) is 5.72. The van der Waals surface area contributed by atoms with Crippen molar-refractivity contribution in [3.8, 4) is 0 Å². The minimum atomic E-state index is -0.549. The highest BCUT2D eigenvalue weighted by molar-refractivity contribution is 5.95. The van der Waals surface area contributed by atoms with E-state index in [0.29, 0.717) is 5.56 Å². The largest absolute Gasteiger partial charge is 0.391 e. The molecule has 3 heteroatoms. The molecule has 1 aromatic rings. The molecule has 0 spiro atoms. The smallest absolute Gasteiger partial charge is 0.251 e. The molecule has 3 nitrogen and oxygen atoms in total. The third kappa shape index (κ3) is 3.84. The molecule has 0 aliphatic carbocycles. The second-order valence-corrected chi connectivity index (χ2v) is 5.91. The first kappa shape index (κ1) is 14.7. The lowest BCUT2D eigenvalue weighted by atomic mass is 9.89. The summed E-state index contributed by atoms with van der Waals surface area (Å²) in [5.74, 6) is -0.129. The summed E-state index contributed by atoms with van der Waals surface area (Å²) in [7, 11) is 0. The van der Waals surface area contributed by atoms with Gasteiger partial charge in [0.15, 0.2) is 0 Å². The lowest BCUT2D eigenvalue weighted by Gasteiger charge is -2.26. The van der Waals surface area contributed by atoms with Gasteiger partial charge in [-0.25, -0.2) is 0 Å². The van der Waals surface area contributed by atoms with E-state index in [4.69, 9.17) is 0 Å². The van der Waals surface area contributed by atoms with Gasteiger partial charge in [0.1, 0.15) is 0 Å². The summed E-state index contributed by atoms with van der Waals surface area (Å²) < 4.78 is 0. The Balaban J connectivity index is 2.66. The van der Waals surface area contributed by atoms with Gasteiger partial charge in [0.2, 0.25) is 0 Å². The van der Waals surface area contributed by atoms with Crippen molar-refractivity contribution in [2.75, 3.05) is 6.54 Å². The average molecular weight is 249 g/mol. The van der Waals surface area contributed by atoms with E-state index in [1.807, 2.05) is 52.8 Å². The summed E-state index contributed by atoms with van der Waals surface area (Å²) in [4.78, 5) is 12.0. The fourth-order valence-electron chi connectivity index (χ4n) is 1.66. The number of rotatable bonds is 3. The molecule has 1 rings (SSSR count). The van der Waals surface area contributed by atoms with E-state index in [9.17, 15) is 9.90 Å². The fraction of sp³-hybridized carbons (Fsp3) is 0.533. The minimum Gasteiger partial charge on any atom is -0.391 e. The highest BCUT2D eigenvalue weighted by atomic mass is 16.3. The van der Waals surface area contributed by atoms with Crippen LogP contribution in [-0.2, 0) is 0 Å². The molecule has 0 heterocycles. The number of hydrogen-bond donors (Lipinski definition) is 2. The molecular formula is C15H23NO2. The maximum Gasteiger partial charge on any atom is 0.251 e. The highest BCUT2D eigenvalue weighted by Gasteiger charge is 2.22. The molecule has 0 bridgehead atoms. The maximum absolute atomic E-state index is 12.0. The minimum absolute atomic E-state index is 0.129. The van der Waals surface area contributed by atoms with Crippen LogP contribution in [0.15, 0.2) is 18.2 Å². The van der Waals surface area contributed by atoms with Crippen LogP contribution >= 0.6 is 0 Å². The summed E-state index contributed by atoms with van der Waals surface area (Å²) >= 11 is 0. The van der Waals surface area contributed by atoms with Gasteiger partial charge in [-0.05, 0) is 30.9 Å². The van der Waals surface area contributed by atoms with Gasteiger partial charge in [-0.2, -0.15) is 0 Å². The molecule has 1 atom stereocenters. The van der Waals surface area contributed by atoms with Crippen LogP contribution in [0.1, 0.15) is 42.3 Å². The zero-order valence-electron chi connectivity index (χ0n) is 11.9. The number of aliphatic hydroxyl groups is 1. The van der Waals surface area contributed by atoms with Crippen molar-refractivity contribution < 1.29 is 9.90 Å². The van der Waals surface area contributed by atoms with Crippen molar-refractivity contribution in [2.45, 2.75) is 40.7 Å². The van der Waals surface area contributed by atoms with Crippen LogP contribution in [0.3, 0.4) is 0 Å². The number of aliphatic hydroxyl groups excluding tert-OH is 1. The Morgan fingerprint density at radius 2 is 1.94 bits per heavy atom. The van der Waals surface area contributed by atoms with Crippen LogP contribution in [0.25, 0.3) is 0 Å². The van der Waals surface area contributed by atoms with Crippen LogP contribution < -0.4 is 5.32 Å². The van der Waals surface area contributed by atoms with Crippen molar-refractivity contribution >= 4 is 5.91 Å². The zero-order valence-corrected chi connectivity index (χ0v) is 11.9. The predicted molar refractivity (Wildman–Crippen MR) is 73.7 cm³/mol. The van der Waals surface area contributed by atoms with E-state index < -0.39 is 6.10 Å². The Morgan fingerprint density at radius 1 is 1.33 bits per heavy atom. The molecule has 100 valence electrons. The molecule has 1 aromatic carbocycles. The Hall–Kier alpha value is -1.35. The van der Waals surface area contributed by atoms with E-state index in [1.54, 1.807) is 0 Å². The van der Waals surface area contributed by atoms with Crippen molar-refractivity contribution in [3.05, 3.63) is 34.9 Å². The van der Waals surface area contributed by atoms with Crippen molar-refractivity contribution in [1.82, 2.24) is 5.32 Å². The van der Waals surface area contributed by atoms with E-state index in [1.165, 1.54) is 0 Å². The highest BCUT2D eigenvalue weighted by Crippen LogP contribution is 2.18. The summed E-state index contributed by atoms with van der Waals surface area (Å²) in [5, 5.41) is 12.7. The molecule has 0 aromatic heterocycles. The van der Waals surface area contributed by atoms with E-state index in [2.05, 4.69) is 5.32 Å². The van der Waals surface area contributed by atoms with Gasteiger partial charge in [-0.15, -0.1) is 0 Å². The van der Waals surface area contributed by atoms with Gasteiger partial charge in [0.25, 0.3) is 5.91 Å². The van der Waals surface area contributed by atoms with Gasteiger partial charge >= 0.3 is 0 Å². The number of benzene rings is 1. The van der Waals surface area contributed by atoms with Gasteiger partial charge in [-0.1, -0.05) is 38.5 Å². The van der Waals surface area contributed by atoms with E-state index >= 15 is 0 Å². The quantitative estimate of drug-likeness (QED) is 0.864. The lowest BCUT2D eigenvalue weighted by molar-refractivity contribution is 0.0586. The first-order valence-electron chi connectivity index (χ1n) is 6.25. The molecule has 0 aliphatic heterocycles. The molecule has 0 saturated carbocycles. The normalized spacial score (nSPS) is 13.2. The molecule has 0 saturated heterocycles. The maximum atomic E-state index is 12.0. The van der Waals surface area contributed by atoms with Crippen LogP contribution in [-0.4, -0.2) is 23.7 Å². The second-order valence-electron chi connectivity index (χ2n) is 5.91. The summed E-state index contributed by atoms with van der Waals surface area (Å²) in [6.07, 6.45) is -0.549. The number of amides is 1. The number of aryl methyl sites for hydroxylation is 2. The topological polar surface area (TPSA) is 49.3 Å². The second kappa shape index (κ2) is 5.53. The molecule has 0 radical (unpaired) electrons. The first-order valence-corrected chi connectivity index (χ1v) is 6.25. The van der Waals surface area contributed by atoms with E-state index in [-0.39, 0.29) is 17.9 Å². The number of hydrogen-bond acceptors (Lipinski definition) is 2. The van der Waals surface area contributed by atoms with Crippen LogP contribution in [0.2, 0.25) is 0 Å². The monoisotopic (exact) mass is 249 g/mol. The molecule has 18 heavy (non-hydrogen) atoms. The zero-order chi connectivity index (χ0) is 13.9. The average Bonchev–Trinajstić information content (AvgIpc) is 2.24. The predicted octanol–water partition coefficient (Wildman–Crippen LogP) is 2.44. The van der Waals surface area contributed by atoms with Crippen LogP contribution in [0.5, 0.6) is 0 Å². The first-order chi connectivity index (χ1) is 8.21. The molecular weight excluding hydrogens is 226 g/mol. The summed E-state index contributed by atoms with van der Waals surface area (Å²) in [6.45, 7) is 10.0. The number of carbonyl (C=O) groups excluding carboxylic acids is 1. The van der Waals surface area contributed by atoms with Crippen LogP contribution in [0, 0.1) is 19.3 Å². The van der Waals surface area contributed by atoms with Gasteiger partial charge in [-0.3, -0.25) is 4.79 Å². The summed E-state index contributed by atoms with van der Waals surface area (Å²) in [5.41, 5.74) is 2.54. The third-order valence-electron chi connectivity index (χ3n) is 3.08. The van der Waals surface area contributed by atoms with Gasteiger partial charge < -0.3 is 10.4 Å². The molecule has 2 N–H and O–H groups in total. The fourth-order valence-corrected chi connectivity index (χ4v) is 1.66. The van der Waals surface area contributed by atoms with Gasteiger partial charge in [0, 0.05) is 12.1 Å². The molecule has 1 unspecified atom stereocenters. The SMILES string of the molecule is Cc1ccc(C(=O)NCC(O)C(C)(C)C)c(C)c1. The lowest BCUT2D eigenvalue weighted by Crippen LogP contribution is -2.39. The van der Waals surface area contributed by atoms with Crippen molar-refractivity contribution in [1.29, 1.82) is 0 Å². The number of carbonyl (C=O) groups is 1. The third-order valence-corrected chi connectivity index (χ3v) is 3.08. The Bertz CT molecular complexity index is 433. The van der Waals surface area contributed by atoms with Gasteiger partial charge in [0.05, 0.1) is 6.10 Å².